The smallest absolute Gasteiger partial charge is 0.319 e. The summed E-state index contributed by atoms with van der Waals surface area (Å²) in [5, 5.41) is 19.1. The first-order valence-electron chi connectivity index (χ1n) is 8.04. The molecule has 7 nitrogen and oxygen atoms in total. The molecule has 0 bridgehead atoms. The van der Waals surface area contributed by atoms with Gasteiger partial charge in [0.25, 0.3) is 0 Å². The molecule has 2 aromatic rings. The molecule has 2 rings (SSSR count). The van der Waals surface area contributed by atoms with Crippen molar-refractivity contribution in [1.82, 2.24) is 20.1 Å². The molecule has 0 fully saturated rings. The molecule has 130 valence electrons. The highest BCUT2D eigenvalue weighted by atomic mass is 16.3. The van der Waals surface area contributed by atoms with Crippen LogP contribution in [-0.4, -0.2) is 38.6 Å². The third-order valence-corrected chi connectivity index (χ3v) is 3.98. The van der Waals surface area contributed by atoms with Crippen molar-refractivity contribution in [3.63, 3.8) is 0 Å². The van der Waals surface area contributed by atoms with Crippen LogP contribution in [0.1, 0.15) is 31.1 Å². The number of amides is 2. The van der Waals surface area contributed by atoms with Crippen LogP contribution >= 0.6 is 0 Å². The Kier molecular flexibility index (Phi) is 5.92. The highest BCUT2D eigenvalue weighted by molar-refractivity contribution is 5.89. The summed E-state index contributed by atoms with van der Waals surface area (Å²) in [6, 6.07) is 7.23. The molecule has 0 aliphatic heterocycles. The molecule has 0 radical (unpaired) electrons. The number of aromatic nitrogens is 3. The first kappa shape index (κ1) is 17.9. The van der Waals surface area contributed by atoms with Crippen molar-refractivity contribution in [2.75, 3.05) is 11.9 Å². The number of aryl methyl sites for hydroxylation is 2. The Labute approximate surface area is 142 Å². The average Bonchev–Trinajstić information content (AvgIpc) is 2.84. The Hall–Kier alpha value is -2.41. The fourth-order valence-corrected chi connectivity index (χ4v) is 2.31. The molecule has 1 aromatic heterocycles. The predicted molar refractivity (Wildman–Crippen MR) is 92.9 cm³/mol. The summed E-state index contributed by atoms with van der Waals surface area (Å²) in [7, 11) is 0. The number of rotatable bonds is 6. The molecule has 0 saturated carbocycles. The molecule has 2 atom stereocenters. The van der Waals surface area contributed by atoms with E-state index in [-0.39, 0.29) is 24.6 Å². The third-order valence-electron chi connectivity index (χ3n) is 3.98. The van der Waals surface area contributed by atoms with Crippen molar-refractivity contribution in [3.8, 4) is 0 Å². The lowest BCUT2D eigenvalue weighted by molar-refractivity contribution is 0.204. The van der Waals surface area contributed by atoms with Gasteiger partial charge in [-0.15, -0.1) is 0 Å². The molecule has 0 aliphatic carbocycles. The second-order valence-corrected chi connectivity index (χ2v) is 6.11. The standard InChI is InChI=1S/C17H25N5O2/c1-11(10-23)12(2)18-17(24)20-16-7-5-6-15(8-16)9-22-14(4)19-13(3)21-22/h5-8,11-12,23H,9-10H2,1-4H3,(H2,18,20,24). The Morgan fingerprint density at radius 2 is 2.08 bits per heavy atom. The number of benzene rings is 1. The number of hydrogen-bond donors (Lipinski definition) is 3. The van der Waals surface area contributed by atoms with Gasteiger partial charge < -0.3 is 15.7 Å². The lowest BCUT2D eigenvalue weighted by atomic mass is 10.1. The lowest BCUT2D eigenvalue weighted by Gasteiger charge is -2.19. The van der Waals surface area contributed by atoms with Gasteiger partial charge in [0.1, 0.15) is 11.6 Å². The SMILES string of the molecule is Cc1nc(C)n(Cc2cccc(NC(=O)NC(C)C(C)CO)c2)n1. The van der Waals surface area contributed by atoms with Crippen molar-refractivity contribution < 1.29 is 9.90 Å². The summed E-state index contributed by atoms with van der Waals surface area (Å²) in [4.78, 5) is 16.3. The second-order valence-electron chi connectivity index (χ2n) is 6.11. The first-order chi connectivity index (χ1) is 11.4. The number of hydrogen-bond acceptors (Lipinski definition) is 4. The minimum absolute atomic E-state index is 0.000569. The number of carbonyl (C=O) groups is 1. The number of carbonyl (C=O) groups excluding carboxylic acids is 1. The maximum atomic E-state index is 12.0. The molecule has 1 aromatic carbocycles. The van der Waals surface area contributed by atoms with E-state index in [2.05, 4.69) is 20.7 Å². The van der Waals surface area contributed by atoms with E-state index in [0.29, 0.717) is 12.2 Å². The maximum absolute atomic E-state index is 12.0. The normalized spacial score (nSPS) is 13.4. The fraction of sp³-hybridized carbons (Fsp3) is 0.471. The van der Waals surface area contributed by atoms with Crippen LogP contribution in [0.4, 0.5) is 10.5 Å². The first-order valence-corrected chi connectivity index (χ1v) is 8.04. The van der Waals surface area contributed by atoms with Crippen molar-refractivity contribution in [2.24, 2.45) is 5.92 Å². The van der Waals surface area contributed by atoms with Crippen LogP contribution in [0.2, 0.25) is 0 Å². The van der Waals surface area contributed by atoms with Gasteiger partial charge in [-0.3, -0.25) is 0 Å². The van der Waals surface area contributed by atoms with Crippen molar-refractivity contribution >= 4 is 11.7 Å². The number of anilines is 1. The van der Waals surface area contributed by atoms with Gasteiger partial charge >= 0.3 is 6.03 Å². The zero-order valence-corrected chi connectivity index (χ0v) is 14.6. The summed E-state index contributed by atoms with van der Waals surface area (Å²) < 4.78 is 1.83. The van der Waals surface area contributed by atoms with E-state index < -0.39 is 0 Å². The molecule has 0 spiro atoms. The molecule has 7 heteroatoms. The van der Waals surface area contributed by atoms with Crippen molar-refractivity contribution in [1.29, 1.82) is 0 Å². The van der Waals surface area contributed by atoms with Crippen LogP contribution in [0.15, 0.2) is 24.3 Å². The van der Waals surface area contributed by atoms with E-state index in [0.717, 1.165) is 17.2 Å². The van der Waals surface area contributed by atoms with E-state index in [1.165, 1.54) is 0 Å². The minimum atomic E-state index is -0.285. The van der Waals surface area contributed by atoms with Crippen LogP contribution in [0.5, 0.6) is 0 Å². The van der Waals surface area contributed by atoms with Crippen LogP contribution < -0.4 is 10.6 Å². The molecular weight excluding hydrogens is 306 g/mol. The maximum Gasteiger partial charge on any atom is 0.319 e. The van der Waals surface area contributed by atoms with Crippen LogP contribution in [-0.2, 0) is 6.54 Å². The molecule has 2 amide bonds. The Bertz CT molecular complexity index is 698. The van der Waals surface area contributed by atoms with E-state index >= 15 is 0 Å². The molecular formula is C17H25N5O2. The van der Waals surface area contributed by atoms with E-state index in [9.17, 15) is 4.79 Å². The van der Waals surface area contributed by atoms with E-state index in [1.54, 1.807) is 0 Å². The second kappa shape index (κ2) is 7.92. The highest BCUT2D eigenvalue weighted by Gasteiger charge is 2.14. The number of nitrogens with one attached hydrogen (secondary N) is 2. The molecule has 0 saturated heterocycles. The van der Waals surface area contributed by atoms with E-state index in [4.69, 9.17) is 5.11 Å². The zero-order valence-electron chi connectivity index (χ0n) is 14.6. The van der Waals surface area contributed by atoms with Crippen LogP contribution in [0.3, 0.4) is 0 Å². The summed E-state index contributed by atoms with van der Waals surface area (Å²) in [6.45, 7) is 8.16. The Morgan fingerprint density at radius 1 is 1.33 bits per heavy atom. The van der Waals surface area contributed by atoms with Gasteiger partial charge in [0, 0.05) is 18.3 Å². The highest BCUT2D eigenvalue weighted by Crippen LogP contribution is 2.13. The largest absolute Gasteiger partial charge is 0.396 e. The number of nitrogens with zero attached hydrogens (tertiary/aromatic N) is 3. The quantitative estimate of drug-likeness (QED) is 0.756. The van der Waals surface area contributed by atoms with E-state index in [1.807, 2.05) is 56.6 Å². The van der Waals surface area contributed by atoms with Crippen molar-refractivity contribution in [2.45, 2.75) is 40.3 Å². The summed E-state index contributed by atoms with van der Waals surface area (Å²) in [5.74, 6) is 1.60. The van der Waals surface area contributed by atoms with Gasteiger partial charge in [-0.25, -0.2) is 14.5 Å². The van der Waals surface area contributed by atoms with Gasteiger partial charge in [0.05, 0.1) is 6.54 Å². The van der Waals surface area contributed by atoms with Gasteiger partial charge in [-0.2, -0.15) is 5.10 Å². The third kappa shape index (κ3) is 4.79. The van der Waals surface area contributed by atoms with Gasteiger partial charge in [-0.1, -0.05) is 19.1 Å². The predicted octanol–water partition coefficient (Wildman–Crippen LogP) is 2.08. The molecule has 0 aliphatic rings. The van der Waals surface area contributed by atoms with Gasteiger partial charge in [0.2, 0.25) is 0 Å². The monoisotopic (exact) mass is 331 g/mol. The van der Waals surface area contributed by atoms with Crippen LogP contribution in [0.25, 0.3) is 0 Å². The van der Waals surface area contributed by atoms with Gasteiger partial charge in [-0.05, 0) is 44.4 Å². The van der Waals surface area contributed by atoms with Gasteiger partial charge in [0.15, 0.2) is 0 Å². The summed E-state index contributed by atoms with van der Waals surface area (Å²) >= 11 is 0. The number of urea groups is 1. The number of aliphatic hydroxyl groups excluding tert-OH is 1. The Balaban J connectivity index is 2.00. The average molecular weight is 331 g/mol. The zero-order chi connectivity index (χ0) is 17.7. The summed E-state index contributed by atoms with van der Waals surface area (Å²) in [6.07, 6.45) is 0. The lowest BCUT2D eigenvalue weighted by Crippen LogP contribution is -2.40. The van der Waals surface area contributed by atoms with Crippen molar-refractivity contribution in [3.05, 3.63) is 41.5 Å². The number of aliphatic hydroxyl groups is 1. The molecule has 1 heterocycles. The van der Waals surface area contributed by atoms with Crippen LogP contribution in [0, 0.1) is 19.8 Å². The molecule has 24 heavy (non-hydrogen) atoms. The minimum Gasteiger partial charge on any atom is -0.396 e. The molecule has 2 unspecified atom stereocenters. The summed E-state index contributed by atoms with van der Waals surface area (Å²) in [5.41, 5.74) is 1.74. The topological polar surface area (TPSA) is 92.1 Å². The fourth-order valence-electron chi connectivity index (χ4n) is 2.31. The molecule has 3 N–H and O–H groups in total. The Morgan fingerprint density at radius 3 is 2.71 bits per heavy atom.